The summed E-state index contributed by atoms with van der Waals surface area (Å²) in [6.07, 6.45) is -0.109. The summed E-state index contributed by atoms with van der Waals surface area (Å²) in [7, 11) is -3.32. The van der Waals surface area contributed by atoms with Crippen LogP contribution in [0, 0.1) is 0 Å². The largest absolute Gasteiger partial charge is 0.397 e. The third-order valence-electron chi connectivity index (χ3n) is 2.82. The SMILES string of the molecule is CC(C)(C)S(=O)(=O)CCC(=O)Nc1ccc(Cl)cc1N. The van der Waals surface area contributed by atoms with E-state index in [1.807, 2.05) is 0 Å². The van der Waals surface area contributed by atoms with Crippen molar-refractivity contribution in [2.24, 2.45) is 0 Å². The number of hydrogen-bond acceptors (Lipinski definition) is 4. The van der Waals surface area contributed by atoms with Gasteiger partial charge in [-0.25, -0.2) is 8.42 Å². The van der Waals surface area contributed by atoms with Gasteiger partial charge in [-0.3, -0.25) is 4.79 Å². The number of halogens is 1. The molecular formula is C13H19ClN2O3S. The lowest BCUT2D eigenvalue weighted by molar-refractivity contribution is -0.115. The molecule has 0 unspecified atom stereocenters. The summed E-state index contributed by atoms with van der Waals surface area (Å²) < 4.78 is 22.9. The third-order valence-corrected chi connectivity index (χ3v) is 5.66. The fourth-order valence-corrected chi connectivity index (χ4v) is 2.64. The molecule has 0 fully saturated rings. The van der Waals surface area contributed by atoms with E-state index in [1.54, 1.807) is 32.9 Å². The number of rotatable bonds is 4. The van der Waals surface area contributed by atoms with Gasteiger partial charge in [0.15, 0.2) is 9.84 Å². The van der Waals surface area contributed by atoms with Crippen LogP contribution in [0.25, 0.3) is 0 Å². The normalized spacial score (nSPS) is 12.2. The van der Waals surface area contributed by atoms with Crippen LogP contribution < -0.4 is 11.1 Å². The fraction of sp³-hybridized carbons (Fsp3) is 0.462. The molecule has 0 atom stereocenters. The Morgan fingerprint density at radius 1 is 1.35 bits per heavy atom. The summed E-state index contributed by atoms with van der Waals surface area (Å²) in [6, 6.07) is 4.69. The molecule has 0 aromatic heterocycles. The van der Waals surface area contributed by atoms with Crippen LogP contribution in [-0.2, 0) is 14.6 Å². The number of anilines is 2. The van der Waals surface area contributed by atoms with Crippen LogP contribution in [0.5, 0.6) is 0 Å². The van der Waals surface area contributed by atoms with E-state index >= 15 is 0 Å². The van der Waals surface area contributed by atoms with Gasteiger partial charge in [0, 0.05) is 11.4 Å². The lowest BCUT2D eigenvalue weighted by Crippen LogP contribution is -2.32. The molecule has 112 valence electrons. The molecule has 1 rings (SSSR count). The number of nitrogens with two attached hydrogens (primary N) is 1. The first-order valence-corrected chi connectivity index (χ1v) is 8.13. The number of benzene rings is 1. The molecule has 0 saturated heterocycles. The monoisotopic (exact) mass is 318 g/mol. The maximum atomic E-state index is 11.9. The molecule has 0 aliphatic carbocycles. The topological polar surface area (TPSA) is 89.3 Å². The minimum absolute atomic E-state index is 0.109. The first-order valence-electron chi connectivity index (χ1n) is 6.10. The average molecular weight is 319 g/mol. The Balaban J connectivity index is 2.66. The second kappa shape index (κ2) is 6.01. The van der Waals surface area contributed by atoms with E-state index in [0.29, 0.717) is 16.4 Å². The molecule has 0 bridgehead atoms. The van der Waals surface area contributed by atoms with Crippen molar-refractivity contribution in [1.29, 1.82) is 0 Å². The van der Waals surface area contributed by atoms with E-state index in [0.717, 1.165) is 0 Å². The molecule has 20 heavy (non-hydrogen) atoms. The van der Waals surface area contributed by atoms with Crippen LogP contribution in [0.2, 0.25) is 5.02 Å². The van der Waals surface area contributed by atoms with Gasteiger partial charge in [-0.05, 0) is 39.0 Å². The Labute approximate surface area is 124 Å². The van der Waals surface area contributed by atoms with Crippen molar-refractivity contribution in [3.63, 3.8) is 0 Å². The molecule has 3 N–H and O–H groups in total. The summed E-state index contributed by atoms with van der Waals surface area (Å²) in [4.78, 5) is 11.8. The van der Waals surface area contributed by atoms with Gasteiger partial charge >= 0.3 is 0 Å². The van der Waals surface area contributed by atoms with Gasteiger partial charge in [-0.1, -0.05) is 11.6 Å². The quantitative estimate of drug-likeness (QED) is 0.834. The number of sulfone groups is 1. The zero-order valence-electron chi connectivity index (χ0n) is 11.7. The minimum Gasteiger partial charge on any atom is -0.397 e. The van der Waals surface area contributed by atoms with E-state index < -0.39 is 20.5 Å². The van der Waals surface area contributed by atoms with E-state index in [9.17, 15) is 13.2 Å². The van der Waals surface area contributed by atoms with Crippen LogP contribution in [0.3, 0.4) is 0 Å². The molecule has 0 radical (unpaired) electrons. The lowest BCUT2D eigenvalue weighted by Gasteiger charge is -2.18. The third kappa shape index (κ3) is 4.38. The van der Waals surface area contributed by atoms with E-state index in [4.69, 9.17) is 17.3 Å². The predicted octanol–water partition coefficient (Wildman–Crippen LogP) is 2.46. The minimum atomic E-state index is -3.32. The highest BCUT2D eigenvalue weighted by Gasteiger charge is 2.29. The van der Waals surface area contributed by atoms with Crippen LogP contribution in [0.15, 0.2) is 18.2 Å². The summed E-state index contributed by atoms with van der Waals surface area (Å²) in [5.74, 6) is -0.595. The zero-order valence-corrected chi connectivity index (χ0v) is 13.3. The molecule has 5 nitrogen and oxygen atoms in total. The van der Waals surface area contributed by atoms with Gasteiger partial charge in [0.2, 0.25) is 5.91 Å². The van der Waals surface area contributed by atoms with Gasteiger partial charge in [-0.2, -0.15) is 0 Å². The lowest BCUT2D eigenvalue weighted by atomic mass is 10.2. The van der Waals surface area contributed by atoms with Crippen molar-refractivity contribution in [1.82, 2.24) is 0 Å². The molecule has 0 aliphatic heterocycles. The zero-order chi connectivity index (χ0) is 15.6. The molecule has 7 heteroatoms. The number of nitrogens with one attached hydrogen (secondary N) is 1. The summed E-state index contributed by atoms with van der Waals surface area (Å²) in [5.41, 5.74) is 6.46. The first-order chi connectivity index (χ1) is 9.03. The van der Waals surface area contributed by atoms with Gasteiger partial charge in [0.25, 0.3) is 0 Å². The summed E-state index contributed by atoms with van der Waals surface area (Å²) >= 11 is 5.75. The van der Waals surface area contributed by atoms with Crippen LogP contribution in [-0.4, -0.2) is 24.8 Å². The standard InChI is InChI=1S/C13H19ClN2O3S/c1-13(2,3)20(18,19)7-6-12(17)16-11-5-4-9(14)8-10(11)15/h4-5,8H,6-7,15H2,1-3H3,(H,16,17). The second-order valence-electron chi connectivity index (χ2n) is 5.46. The fourth-order valence-electron chi connectivity index (χ4n) is 1.39. The van der Waals surface area contributed by atoms with Gasteiger partial charge in [-0.15, -0.1) is 0 Å². The maximum Gasteiger partial charge on any atom is 0.225 e. The highest BCUT2D eigenvalue weighted by atomic mass is 35.5. The Hall–Kier alpha value is -1.27. The van der Waals surface area contributed by atoms with Crippen molar-refractivity contribution in [2.45, 2.75) is 31.9 Å². The number of amides is 1. The number of nitrogen functional groups attached to an aromatic ring is 1. The van der Waals surface area contributed by atoms with Crippen molar-refractivity contribution >= 4 is 38.7 Å². The number of carbonyl (C=O) groups is 1. The summed E-state index contributed by atoms with van der Waals surface area (Å²) in [5, 5.41) is 3.04. The Morgan fingerprint density at radius 3 is 2.45 bits per heavy atom. The van der Waals surface area contributed by atoms with Crippen LogP contribution in [0.4, 0.5) is 11.4 Å². The van der Waals surface area contributed by atoms with E-state index in [-0.39, 0.29) is 12.2 Å². The molecule has 1 aromatic rings. The van der Waals surface area contributed by atoms with Crippen molar-refractivity contribution in [3.8, 4) is 0 Å². The van der Waals surface area contributed by atoms with E-state index in [1.165, 1.54) is 6.07 Å². The van der Waals surface area contributed by atoms with Gasteiger partial charge in [0.1, 0.15) is 0 Å². The predicted molar refractivity (Wildman–Crippen MR) is 82.7 cm³/mol. The highest BCUT2D eigenvalue weighted by Crippen LogP contribution is 2.23. The molecule has 0 heterocycles. The van der Waals surface area contributed by atoms with Crippen LogP contribution in [0.1, 0.15) is 27.2 Å². The maximum absolute atomic E-state index is 11.9. The Kier molecular flexibility index (Phi) is 5.05. The highest BCUT2D eigenvalue weighted by molar-refractivity contribution is 7.92. The van der Waals surface area contributed by atoms with Crippen LogP contribution >= 0.6 is 11.6 Å². The second-order valence-corrected chi connectivity index (χ2v) is 8.76. The molecule has 0 saturated carbocycles. The van der Waals surface area contributed by atoms with Gasteiger partial charge in [0.05, 0.1) is 21.9 Å². The number of hydrogen-bond donors (Lipinski definition) is 2. The van der Waals surface area contributed by atoms with E-state index in [2.05, 4.69) is 5.32 Å². The Bertz CT molecular complexity index is 607. The molecule has 0 aliphatic rings. The van der Waals surface area contributed by atoms with Crippen molar-refractivity contribution in [3.05, 3.63) is 23.2 Å². The number of carbonyl (C=O) groups excluding carboxylic acids is 1. The molecule has 0 spiro atoms. The van der Waals surface area contributed by atoms with Crippen molar-refractivity contribution in [2.75, 3.05) is 16.8 Å². The smallest absolute Gasteiger partial charge is 0.225 e. The average Bonchev–Trinajstić information content (AvgIpc) is 2.29. The molecular weight excluding hydrogens is 300 g/mol. The van der Waals surface area contributed by atoms with Gasteiger partial charge < -0.3 is 11.1 Å². The molecule has 1 aromatic carbocycles. The Morgan fingerprint density at radius 2 is 1.95 bits per heavy atom. The van der Waals surface area contributed by atoms with Crippen molar-refractivity contribution < 1.29 is 13.2 Å². The first kappa shape index (κ1) is 16.8. The summed E-state index contributed by atoms with van der Waals surface area (Å²) in [6.45, 7) is 4.83. The molecule has 1 amide bonds.